The zero-order valence-electron chi connectivity index (χ0n) is 13.7. The molecule has 0 atom stereocenters. The van der Waals surface area contributed by atoms with E-state index in [1.807, 2.05) is 6.07 Å². The fraction of sp³-hybridized carbons (Fsp3) is 0.0588. The second-order valence-electron chi connectivity index (χ2n) is 5.32. The highest BCUT2D eigenvalue weighted by Crippen LogP contribution is 2.24. The van der Waals surface area contributed by atoms with Crippen molar-refractivity contribution < 1.29 is 4.79 Å². The summed E-state index contributed by atoms with van der Waals surface area (Å²) in [6.07, 6.45) is 0. The van der Waals surface area contributed by atoms with Gasteiger partial charge in [0.15, 0.2) is 5.82 Å². The first-order valence-corrected chi connectivity index (χ1v) is 9.31. The van der Waals surface area contributed by atoms with Gasteiger partial charge in [0.1, 0.15) is 6.07 Å². The maximum atomic E-state index is 12.2. The standard InChI is InChI=1S/C17H12Cl2N6OS/c18-12-4-1-10(2-5-12)16-23-24-17(25(16)21)27-9-15(26)22-14-7-13(19)6-3-11(14)8-20/h1-7H,9,21H2,(H,22,26). The number of carbonyl (C=O) groups excluding carboxylic acids is 1. The lowest BCUT2D eigenvalue weighted by atomic mass is 10.2. The van der Waals surface area contributed by atoms with E-state index in [9.17, 15) is 4.79 Å². The van der Waals surface area contributed by atoms with E-state index in [0.29, 0.717) is 32.3 Å². The summed E-state index contributed by atoms with van der Waals surface area (Å²) in [5, 5.41) is 21.2. The number of carbonyl (C=O) groups is 1. The van der Waals surface area contributed by atoms with Gasteiger partial charge in [0, 0.05) is 15.6 Å². The third kappa shape index (κ3) is 4.52. The lowest BCUT2D eigenvalue weighted by Gasteiger charge is -2.07. The van der Waals surface area contributed by atoms with Gasteiger partial charge in [0.05, 0.1) is 17.0 Å². The van der Waals surface area contributed by atoms with Crippen molar-refractivity contribution in [2.45, 2.75) is 5.16 Å². The van der Waals surface area contributed by atoms with Crippen molar-refractivity contribution in [3.8, 4) is 17.5 Å². The SMILES string of the molecule is N#Cc1ccc(Cl)cc1NC(=O)CSc1nnc(-c2ccc(Cl)cc2)n1N. The van der Waals surface area contributed by atoms with E-state index < -0.39 is 0 Å². The number of hydrogen-bond acceptors (Lipinski definition) is 6. The van der Waals surface area contributed by atoms with Gasteiger partial charge >= 0.3 is 0 Å². The minimum atomic E-state index is -0.324. The number of halogens is 2. The highest BCUT2D eigenvalue weighted by molar-refractivity contribution is 7.99. The molecule has 3 N–H and O–H groups in total. The molecule has 0 bridgehead atoms. The van der Waals surface area contributed by atoms with Crippen molar-refractivity contribution in [3.05, 3.63) is 58.1 Å². The molecule has 0 aliphatic rings. The van der Waals surface area contributed by atoms with Crippen LogP contribution in [-0.2, 0) is 4.79 Å². The Morgan fingerprint density at radius 1 is 1.19 bits per heavy atom. The van der Waals surface area contributed by atoms with Crippen LogP contribution in [0, 0.1) is 11.3 Å². The van der Waals surface area contributed by atoms with Crippen molar-refractivity contribution in [1.82, 2.24) is 14.9 Å². The second kappa shape index (κ2) is 8.31. The Morgan fingerprint density at radius 3 is 2.59 bits per heavy atom. The van der Waals surface area contributed by atoms with Crippen LogP contribution in [0.15, 0.2) is 47.6 Å². The summed E-state index contributed by atoms with van der Waals surface area (Å²) in [5.74, 6) is 6.19. The Morgan fingerprint density at radius 2 is 1.89 bits per heavy atom. The van der Waals surface area contributed by atoms with Crippen LogP contribution >= 0.6 is 35.0 Å². The van der Waals surface area contributed by atoms with Gasteiger partial charge in [-0.25, -0.2) is 4.68 Å². The zero-order valence-corrected chi connectivity index (χ0v) is 16.0. The van der Waals surface area contributed by atoms with Gasteiger partial charge in [0.2, 0.25) is 11.1 Å². The first-order valence-electron chi connectivity index (χ1n) is 7.56. The Hall–Kier alpha value is -2.73. The fourth-order valence-electron chi connectivity index (χ4n) is 2.21. The molecule has 0 radical (unpaired) electrons. The molecule has 3 rings (SSSR count). The van der Waals surface area contributed by atoms with E-state index in [-0.39, 0.29) is 11.7 Å². The van der Waals surface area contributed by atoms with Crippen LogP contribution < -0.4 is 11.2 Å². The van der Waals surface area contributed by atoms with Crippen LogP contribution in [0.25, 0.3) is 11.4 Å². The molecule has 0 aliphatic heterocycles. The summed E-state index contributed by atoms with van der Waals surface area (Å²) in [6.45, 7) is 0. The smallest absolute Gasteiger partial charge is 0.234 e. The van der Waals surface area contributed by atoms with Crippen LogP contribution in [0.3, 0.4) is 0 Å². The molecule has 10 heteroatoms. The third-order valence-corrected chi connectivity index (χ3v) is 4.91. The van der Waals surface area contributed by atoms with Crippen LogP contribution in [-0.4, -0.2) is 26.5 Å². The molecule has 3 aromatic rings. The quantitative estimate of drug-likeness (QED) is 0.483. The van der Waals surface area contributed by atoms with Crippen molar-refractivity contribution >= 4 is 46.6 Å². The van der Waals surface area contributed by atoms with Crippen molar-refractivity contribution in [2.75, 3.05) is 16.9 Å². The van der Waals surface area contributed by atoms with Crippen LogP contribution in [0.5, 0.6) is 0 Å². The average molecular weight is 419 g/mol. The average Bonchev–Trinajstić information content (AvgIpc) is 3.01. The largest absolute Gasteiger partial charge is 0.335 e. The topological polar surface area (TPSA) is 110 Å². The first-order chi connectivity index (χ1) is 13.0. The summed E-state index contributed by atoms with van der Waals surface area (Å²) in [6, 6.07) is 13.7. The number of nitrogens with two attached hydrogens (primary N) is 1. The molecule has 0 unspecified atom stereocenters. The Labute approximate surface area is 169 Å². The summed E-state index contributed by atoms with van der Waals surface area (Å²) >= 11 is 12.9. The molecule has 0 spiro atoms. The Balaban J connectivity index is 1.67. The molecule has 1 heterocycles. The van der Waals surface area contributed by atoms with Gasteiger partial charge in [-0.1, -0.05) is 35.0 Å². The predicted molar refractivity (Wildman–Crippen MR) is 106 cm³/mol. The minimum absolute atomic E-state index is 0.0351. The van der Waals surface area contributed by atoms with Gasteiger partial charge in [-0.3, -0.25) is 4.79 Å². The summed E-state index contributed by atoms with van der Waals surface area (Å²) in [7, 11) is 0. The monoisotopic (exact) mass is 418 g/mol. The van der Waals surface area contributed by atoms with E-state index in [1.165, 1.54) is 10.7 Å². The first kappa shape index (κ1) is 19.0. The highest BCUT2D eigenvalue weighted by Gasteiger charge is 2.14. The molecule has 0 aliphatic carbocycles. The van der Waals surface area contributed by atoms with Gasteiger partial charge in [-0.05, 0) is 42.5 Å². The minimum Gasteiger partial charge on any atom is -0.335 e. The molecule has 7 nitrogen and oxygen atoms in total. The number of amides is 1. The van der Waals surface area contributed by atoms with Crippen LogP contribution in [0.1, 0.15) is 5.56 Å². The summed E-state index contributed by atoms with van der Waals surface area (Å²) in [4.78, 5) is 12.2. The van der Waals surface area contributed by atoms with E-state index in [4.69, 9.17) is 34.3 Å². The maximum Gasteiger partial charge on any atom is 0.234 e. The number of aromatic nitrogens is 3. The number of benzene rings is 2. The molecular weight excluding hydrogens is 407 g/mol. The number of hydrogen-bond donors (Lipinski definition) is 2. The molecule has 1 amide bonds. The predicted octanol–water partition coefficient (Wildman–Crippen LogP) is 3.57. The lowest BCUT2D eigenvalue weighted by Crippen LogP contribution is -2.17. The number of nitrogens with one attached hydrogen (secondary N) is 1. The summed E-state index contributed by atoms with van der Waals surface area (Å²) < 4.78 is 1.31. The Bertz CT molecular complexity index is 1030. The number of nitrogen functional groups attached to an aromatic ring is 1. The normalized spacial score (nSPS) is 10.4. The zero-order chi connectivity index (χ0) is 19.4. The highest BCUT2D eigenvalue weighted by atomic mass is 35.5. The number of nitrogens with zero attached hydrogens (tertiary/aromatic N) is 4. The van der Waals surface area contributed by atoms with Crippen LogP contribution in [0.2, 0.25) is 10.0 Å². The molecular formula is C17H12Cl2N6OS. The van der Waals surface area contributed by atoms with Crippen molar-refractivity contribution in [1.29, 1.82) is 5.26 Å². The van der Waals surface area contributed by atoms with Crippen molar-refractivity contribution in [2.24, 2.45) is 0 Å². The molecule has 2 aromatic carbocycles. The van der Waals surface area contributed by atoms with Gasteiger partial charge < -0.3 is 11.2 Å². The lowest BCUT2D eigenvalue weighted by molar-refractivity contribution is -0.113. The number of rotatable bonds is 5. The van der Waals surface area contributed by atoms with E-state index in [0.717, 1.165) is 17.3 Å². The second-order valence-corrected chi connectivity index (χ2v) is 7.14. The van der Waals surface area contributed by atoms with E-state index >= 15 is 0 Å². The van der Waals surface area contributed by atoms with Crippen LogP contribution in [0.4, 0.5) is 5.69 Å². The number of anilines is 1. The van der Waals surface area contributed by atoms with Gasteiger partial charge in [-0.15, -0.1) is 10.2 Å². The van der Waals surface area contributed by atoms with E-state index in [1.54, 1.807) is 36.4 Å². The molecule has 0 saturated heterocycles. The summed E-state index contributed by atoms with van der Waals surface area (Å²) in [5.41, 5.74) is 1.43. The van der Waals surface area contributed by atoms with Gasteiger partial charge in [0.25, 0.3) is 0 Å². The maximum absolute atomic E-state index is 12.2. The molecule has 27 heavy (non-hydrogen) atoms. The van der Waals surface area contributed by atoms with Gasteiger partial charge in [-0.2, -0.15) is 5.26 Å². The molecule has 0 fully saturated rings. The molecule has 0 saturated carbocycles. The number of nitriles is 1. The molecule has 1 aromatic heterocycles. The molecule has 136 valence electrons. The van der Waals surface area contributed by atoms with Crippen molar-refractivity contribution in [3.63, 3.8) is 0 Å². The Kier molecular flexibility index (Phi) is 5.86. The fourth-order valence-corrected chi connectivity index (χ4v) is 3.16. The number of thioether (sulfide) groups is 1. The third-order valence-electron chi connectivity index (χ3n) is 3.48. The van der Waals surface area contributed by atoms with E-state index in [2.05, 4.69) is 15.5 Å².